The van der Waals surface area contributed by atoms with Crippen molar-refractivity contribution in [1.82, 2.24) is 4.90 Å². The van der Waals surface area contributed by atoms with Crippen molar-refractivity contribution < 1.29 is 14.3 Å². The smallest absolute Gasteiger partial charge is 0.244 e. The van der Waals surface area contributed by atoms with Crippen molar-refractivity contribution in [2.45, 2.75) is 19.8 Å². The van der Waals surface area contributed by atoms with Crippen LogP contribution in [0.25, 0.3) is 0 Å². The van der Waals surface area contributed by atoms with Crippen molar-refractivity contribution in [3.05, 3.63) is 58.6 Å². The second-order valence-corrected chi connectivity index (χ2v) is 6.78. The summed E-state index contributed by atoms with van der Waals surface area (Å²) in [4.78, 5) is 26.6. The van der Waals surface area contributed by atoms with Gasteiger partial charge in [0, 0.05) is 11.0 Å². The molecule has 0 atom stereocenters. The molecular formula is C20H23BrN2O3. The van der Waals surface area contributed by atoms with Crippen LogP contribution in [0.2, 0.25) is 0 Å². The molecule has 0 aromatic heterocycles. The highest BCUT2D eigenvalue weighted by Gasteiger charge is 2.17. The molecule has 0 saturated carbocycles. The summed E-state index contributed by atoms with van der Waals surface area (Å²) in [6, 6.07) is 14.8. The molecule has 0 unspecified atom stereocenters. The average Bonchev–Trinajstić information content (AvgIpc) is 2.63. The van der Waals surface area contributed by atoms with Crippen molar-refractivity contribution in [2.24, 2.45) is 0 Å². The van der Waals surface area contributed by atoms with Gasteiger partial charge in [-0.2, -0.15) is 0 Å². The van der Waals surface area contributed by atoms with Crippen molar-refractivity contribution in [3.8, 4) is 5.75 Å². The summed E-state index contributed by atoms with van der Waals surface area (Å²) in [5.74, 6) is 0.278. The van der Waals surface area contributed by atoms with Crippen LogP contribution >= 0.6 is 15.9 Å². The molecule has 0 bridgehead atoms. The number of hydrogen-bond acceptors (Lipinski definition) is 3. The Bertz CT molecular complexity index is 747. The molecule has 0 heterocycles. The molecule has 0 spiro atoms. The number of hydrogen-bond donors (Lipinski definition) is 1. The highest BCUT2D eigenvalue weighted by molar-refractivity contribution is 9.10. The fourth-order valence-electron chi connectivity index (χ4n) is 2.56. The molecule has 0 fully saturated rings. The molecule has 2 aromatic rings. The van der Waals surface area contributed by atoms with E-state index in [0.29, 0.717) is 18.0 Å². The number of methoxy groups -OCH3 is 1. The van der Waals surface area contributed by atoms with Crippen LogP contribution in [0.15, 0.2) is 53.0 Å². The SMILES string of the molecule is CCCN(CC(=O)Nc1ccccc1OC)C(=O)Cc1ccc(Br)cc1. The number of para-hydroxylation sites is 2. The molecule has 0 aliphatic heterocycles. The van der Waals surface area contributed by atoms with Gasteiger partial charge in [0.1, 0.15) is 5.75 Å². The van der Waals surface area contributed by atoms with E-state index in [0.717, 1.165) is 16.5 Å². The Morgan fingerprint density at radius 2 is 1.81 bits per heavy atom. The third-order valence-corrected chi connectivity index (χ3v) is 4.36. The first kappa shape index (κ1) is 20.0. The Morgan fingerprint density at radius 1 is 1.12 bits per heavy atom. The van der Waals surface area contributed by atoms with Gasteiger partial charge in [-0.3, -0.25) is 9.59 Å². The third-order valence-electron chi connectivity index (χ3n) is 3.83. The van der Waals surface area contributed by atoms with Gasteiger partial charge in [-0.25, -0.2) is 0 Å². The molecule has 2 aromatic carbocycles. The minimum absolute atomic E-state index is 0.0151. The lowest BCUT2D eigenvalue weighted by atomic mass is 10.1. The first-order chi connectivity index (χ1) is 12.5. The van der Waals surface area contributed by atoms with Gasteiger partial charge in [-0.1, -0.05) is 47.1 Å². The summed E-state index contributed by atoms with van der Waals surface area (Å²) in [7, 11) is 1.55. The van der Waals surface area contributed by atoms with E-state index in [-0.39, 0.29) is 24.8 Å². The third kappa shape index (κ3) is 5.88. The van der Waals surface area contributed by atoms with Gasteiger partial charge >= 0.3 is 0 Å². The number of nitrogens with zero attached hydrogens (tertiary/aromatic N) is 1. The summed E-state index contributed by atoms with van der Waals surface area (Å²) < 4.78 is 6.20. The molecule has 2 rings (SSSR count). The molecule has 0 radical (unpaired) electrons. The topological polar surface area (TPSA) is 58.6 Å². The molecule has 5 nitrogen and oxygen atoms in total. The minimum atomic E-state index is -0.243. The van der Waals surface area contributed by atoms with Crippen molar-refractivity contribution in [2.75, 3.05) is 25.5 Å². The standard InChI is InChI=1S/C20H23BrN2O3/c1-3-12-23(20(25)13-15-8-10-16(21)11-9-15)14-19(24)22-17-6-4-5-7-18(17)26-2/h4-11H,3,12-14H2,1-2H3,(H,22,24). The Kier molecular flexibility index (Phi) is 7.66. The zero-order chi connectivity index (χ0) is 18.9. The van der Waals surface area contributed by atoms with Crippen LogP contribution in [0.4, 0.5) is 5.69 Å². The van der Waals surface area contributed by atoms with E-state index < -0.39 is 0 Å². The lowest BCUT2D eigenvalue weighted by molar-refractivity contribution is -0.134. The van der Waals surface area contributed by atoms with Gasteiger partial charge in [0.2, 0.25) is 11.8 Å². The number of carbonyl (C=O) groups is 2. The maximum Gasteiger partial charge on any atom is 0.244 e. The van der Waals surface area contributed by atoms with Crippen LogP contribution in [0, 0.1) is 0 Å². The van der Waals surface area contributed by atoms with E-state index in [1.807, 2.05) is 43.3 Å². The molecule has 0 aliphatic carbocycles. The number of anilines is 1. The van der Waals surface area contributed by atoms with Crippen LogP contribution in [0.3, 0.4) is 0 Å². The Morgan fingerprint density at radius 3 is 2.46 bits per heavy atom. The Hall–Kier alpha value is -2.34. The van der Waals surface area contributed by atoms with Gasteiger partial charge in [0.25, 0.3) is 0 Å². The van der Waals surface area contributed by atoms with Crippen molar-refractivity contribution in [1.29, 1.82) is 0 Å². The van der Waals surface area contributed by atoms with Crippen LogP contribution in [-0.2, 0) is 16.0 Å². The maximum absolute atomic E-state index is 12.6. The predicted octanol–water partition coefficient (Wildman–Crippen LogP) is 3.88. The molecule has 6 heteroatoms. The van der Waals surface area contributed by atoms with E-state index in [1.165, 1.54) is 0 Å². The highest BCUT2D eigenvalue weighted by Crippen LogP contribution is 2.22. The molecule has 26 heavy (non-hydrogen) atoms. The largest absolute Gasteiger partial charge is 0.495 e. The molecule has 2 amide bonds. The van der Waals surface area contributed by atoms with Crippen LogP contribution < -0.4 is 10.1 Å². The van der Waals surface area contributed by atoms with E-state index in [4.69, 9.17) is 4.74 Å². The normalized spacial score (nSPS) is 10.3. The fraction of sp³-hybridized carbons (Fsp3) is 0.300. The van der Waals surface area contributed by atoms with E-state index in [2.05, 4.69) is 21.2 Å². The number of carbonyl (C=O) groups excluding carboxylic acids is 2. The zero-order valence-corrected chi connectivity index (χ0v) is 16.6. The van der Waals surface area contributed by atoms with Gasteiger partial charge in [0.05, 0.1) is 25.8 Å². The van der Waals surface area contributed by atoms with E-state index >= 15 is 0 Å². The second-order valence-electron chi connectivity index (χ2n) is 5.87. The molecular weight excluding hydrogens is 396 g/mol. The molecule has 0 aliphatic rings. The van der Waals surface area contributed by atoms with Gasteiger partial charge < -0.3 is 15.0 Å². The number of benzene rings is 2. The predicted molar refractivity (Wildman–Crippen MR) is 106 cm³/mol. The number of ether oxygens (including phenoxy) is 1. The fourth-order valence-corrected chi connectivity index (χ4v) is 2.83. The monoisotopic (exact) mass is 418 g/mol. The summed E-state index contributed by atoms with van der Waals surface area (Å²) in [6.07, 6.45) is 1.06. The first-order valence-corrected chi connectivity index (χ1v) is 9.28. The van der Waals surface area contributed by atoms with Crippen molar-refractivity contribution in [3.63, 3.8) is 0 Å². The quantitative estimate of drug-likeness (QED) is 0.707. The highest BCUT2D eigenvalue weighted by atomic mass is 79.9. The van der Waals surface area contributed by atoms with Gasteiger partial charge in [0.15, 0.2) is 0 Å². The maximum atomic E-state index is 12.6. The molecule has 0 saturated heterocycles. The van der Waals surface area contributed by atoms with Crippen LogP contribution in [-0.4, -0.2) is 36.9 Å². The number of halogens is 1. The zero-order valence-electron chi connectivity index (χ0n) is 15.0. The van der Waals surface area contributed by atoms with Crippen LogP contribution in [0.1, 0.15) is 18.9 Å². The Balaban J connectivity index is 2.00. The lowest BCUT2D eigenvalue weighted by Gasteiger charge is -2.22. The summed E-state index contributed by atoms with van der Waals surface area (Å²) in [5.41, 5.74) is 1.52. The molecule has 1 N–H and O–H groups in total. The van der Waals surface area contributed by atoms with Gasteiger partial charge in [-0.05, 0) is 36.2 Å². The van der Waals surface area contributed by atoms with E-state index in [1.54, 1.807) is 24.1 Å². The lowest BCUT2D eigenvalue weighted by Crippen LogP contribution is -2.39. The Labute approximate surface area is 162 Å². The average molecular weight is 419 g/mol. The number of rotatable bonds is 8. The summed E-state index contributed by atoms with van der Waals surface area (Å²) in [5, 5.41) is 2.81. The van der Waals surface area contributed by atoms with Crippen molar-refractivity contribution >= 4 is 33.4 Å². The summed E-state index contributed by atoms with van der Waals surface area (Å²) >= 11 is 3.38. The first-order valence-electron chi connectivity index (χ1n) is 8.48. The number of nitrogens with one attached hydrogen (secondary N) is 1. The van der Waals surface area contributed by atoms with E-state index in [9.17, 15) is 9.59 Å². The van der Waals surface area contributed by atoms with Crippen LogP contribution in [0.5, 0.6) is 5.75 Å². The molecule has 138 valence electrons. The van der Waals surface area contributed by atoms with Gasteiger partial charge in [-0.15, -0.1) is 0 Å². The summed E-state index contributed by atoms with van der Waals surface area (Å²) in [6.45, 7) is 2.54. The second kappa shape index (κ2) is 9.97. The minimum Gasteiger partial charge on any atom is -0.495 e. The number of amides is 2.